The van der Waals surface area contributed by atoms with Crippen LogP contribution in [0.4, 0.5) is 4.79 Å². The fourth-order valence-corrected chi connectivity index (χ4v) is 3.21. The monoisotopic (exact) mass is 358 g/mol. The Morgan fingerprint density at radius 2 is 1.96 bits per heavy atom. The molecular formula is C19H22N2O5. The summed E-state index contributed by atoms with van der Waals surface area (Å²) < 4.78 is 12.9. The van der Waals surface area contributed by atoms with Gasteiger partial charge in [0.25, 0.3) is 5.56 Å². The average Bonchev–Trinajstić information content (AvgIpc) is 2.63. The van der Waals surface area contributed by atoms with E-state index in [0.29, 0.717) is 36.5 Å². The molecule has 0 aliphatic carbocycles. The molecule has 0 bridgehead atoms. The summed E-state index contributed by atoms with van der Waals surface area (Å²) in [5, 5.41) is 0. The third-order valence-corrected chi connectivity index (χ3v) is 4.57. The van der Waals surface area contributed by atoms with Crippen molar-refractivity contribution < 1.29 is 14.3 Å². The molecule has 7 nitrogen and oxygen atoms in total. The SMILES string of the molecule is CCc1c(C)n(C(=O)Oc2ccccc2)c(=O)n(C2CCCCO2)c1=O. The molecule has 26 heavy (non-hydrogen) atoms. The zero-order chi connectivity index (χ0) is 18.7. The molecule has 0 amide bonds. The van der Waals surface area contributed by atoms with Crippen LogP contribution >= 0.6 is 0 Å². The zero-order valence-electron chi connectivity index (χ0n) is 14.9. The summed E-state index contributed by atoms with van der Waals surface area (Å²) >= 11 is 0. The first kappa shape index (κ1) is 18.1. The maximum atomic E-state index is 13.0. The molecule has 1 aliphatic rings. The Morgan fingerprint density at radius 3 is 2.58 bits per heavy atom. The molecule has 1 fully saturated rings. The Labute approximate surface area is 150 Å². The Hall–Kier alpha value is -2.67. The molecule has 2 aromatic rings. The number of hydrogen-bond donors (Lipinski definition) is 0. The minimum Gasteiger partial charge on any atom is -0.410 e. The topological polar surface area (TPSA) is 79.5 Å². The van der Waals surface area contributed by atoms with Gasteiger partial charge < -0.3 is 9.47 Å². The summed E-state index contributed by atoms with van der Waals surface area (Å²) in [7, 11) is 0. The van der Waals surface area contributed by atoms with E-state index in [0.717, 1.165) is 22.0 Å². The van der Waals surface area contributed by atoms with E-state index in [1.165, 1.54) is 0 Å². The number of carbonyl (C=O) groups excluding carboxylic acids is 1. The first-order valence-corrected chi connectivity index (χ1v) is 8.80. The van der Waals surface area contributed by atoms with Crippen molar-refractivity contribution in [3.05, 3.63) is 62.4 Å². The second kappa shape index (κ2) is 7.70. The molecule has 1 saturated heterocycles. The molecular weight excluding hydrogens is 336 g/mol. The Bertz CT molecular complexity index is 908. The molecule has 0 radical (unpaired) electrons. The molecule has 0 saturated carbocycles. The standard InChI is InChI=1S/C19H22N2O5/c1-3-15-13(2)20(19(24)26-14-9-5-4-6-10-14)18(23)21(17(15)22)16-11-7-8-12-25-16/h4-6,9-10,16H,3,7-8,11-12H2,1-2H3. The maximum Gasteiger partial charge on any atom is 0.427 e. The molecule has 0 spiro atoms. The van der Waals surface area contributed by atoms with Gasteiger partial charge in [-0.05, 0) is 44.7 Å². The number of rotatable bonds is 3. The van der Waals surface area contributed by atoms with Crippen LogP contribution in [0.25, 0.3) is 0 Å². The largest absolute Gasteiger partial charge is 0.427 e. The molecule has 1 aliphatic heterocycles. The first-order chi connectivity index (χ1) is 12.5. The minimum atomic E-state index is -0.835. The summed E-state index contributed by atoms with van der Waals surface area (Å²) in [6.07, 6.45) is 1.23. The Balaban J connectivity index is 2.10. The van der Waals surface area contributed by atoms with Gasteiger partial charge in [0.05, 0.1) is 0 Å². The highest BCUT2D eigenvalue weighted by molar-refractivity contribution is 5.74. The van der Waals surface area contributed by atoms with E-state index < -0.39 is 23.6 Å². The van der Waals surface area contributed by atoms with Gasteiger partial charge in [-0.1, -0.05) is 25.1 Å². The lowest BCUT2D eigenvalue weighted by atomic mass is 10.1. The molecule has 138 valence electrons. The van der Waals surface area contributed by atoms with Crippen LogP contribution in [0.2, 0.25) is 0 Å². The number of carbonyl (C=O) groups is 1. The number of ether oxygens (including phenoxy) is 2. The molecule has 1 aromatic carbocycles. The summed E-state index contributed by atoms with van der Waals surface area (Å²) in [5.74, 6) is 0.327. The summed E-state index contributed by atoms with van der Waals surface area (Å²) in [5.41, 5.74) is -0.414. The molecule has 1 atom stereocenters. The quantitative estimate of drug-likeness (QED) is 0.843. The van der Waals surface area contributed by atoms with E-state index in [-0.39, 0.29) is 0 Å². The molecule has 1 unspecified atom stereocenters. The highest BCUT2D eigenvalue weighted by Crippen LogP contribution is 2.20. The van der Waals surface area contributed by atoms with Crippen molar-refractivity contribution in [2.45, 2.75) is 45.8 Å². The lowest BCUT2D eigenvalue weighted by molar-refractivity contribution is -0.0374. The third-order valence-electron chi connectivity index (χ3n) is 4.57. The fraction of sp³-hybridized carbons (Fsp3) is 0.421. The predicted molar refractivity (Wildman–Crippen MR) is 95.8 cm³/mol. The van der Waals surface area contributed by atoms with Crippen LogP contribution in [0.3, 0.4) is 0 Å². The summed E-state index contributed by atoms with van der Waals surface area (Å²) in [4.78, 5) is 38.4. The van der Waals surface area contributed by atoms with Gasteiger partial charge in [0, 0.05) is 17.9 Å². The number of hydrogen-bond acceptors (Lipinski definition) is 5. The lowest BCUT2D eigenvalue weighted by Crippen LogP contribution is -2.48. The second-order valence-electron chi connectivity index (χ2n) is 6.21. The second-order valence-corrected chi connectivity index (χ2v) is 6.21. The third kappa shape index (κ3) is 3.35. The van der Waals surface area contributed by atoms with E-state index in [2.05, 4.69) is 0 Å². The molecule has 1 aromatic heterocycles. The number of aromatic nitrogens is 2. The van der Waals surface area contributed by atoms with Crippen molar-refractivity contribution in [1.82, 2.24) is 9.13 Å². The van der Waals surface area contributed by atoms with Crippen LogP contribution in [0, 0.1) is 6.92 Å². The van der Waals surface area contributed by atoms with Crippen molar-refractivity contribution in [2.75, 3.05) is 6.61 Å². The molecule has 2 heterocycles. The van der Waals surface area contributed by atoms with Crippen LogP contribution in [0.15, 0.2) is 39.9 Å². The zero-order valence-corrected chi connectivity index (χ0v) is 14.9. The highest BCUT2D eigenvalue weighted by Gasteiger charge is 2.26. The van der Waals surface area contributed by atoms with E-state index >= 15 is 0 Å². The van der Waals surface area contributed by atoms with Gasteiger partial charge in [0.15, 0.2) is 0 Å². The van der Waals surface area contributed by atoms with Crippen LogP contribution in [-0.4, -0.2) is 21.8 Å². The van der Waals surface area contributed by atoms with Crippen LogP contribution in [-0.2, 0) is 11.2 Å². The predicted octanol–water partition coefficient (Wildman–Crippen LogP) is 2.63. The Kier molecular flexibility index (Phi) is 5.37. The van der Waals surface area contributed by atoms with Crippen molar-refractivity contribution in [1.29, 1.82) is 0 Å². The van der Waals surface area contributed by atoms with Crippen LogP contribution in [0.5, 0.6) is 5.75 Å². The molecule has 3 rings (SSSR count). The first-order valence-electron chi connectivity index (χ1n) is 8.80. The van der Waals surface area contributed by atoms with Gasteiger partial charge in [0.1, 0.15) is 12.0 Å². The maximum absolute atomic E-state index is 13.0. The van der Waals surface area contributed by atoms with Gasteiger partial charge >= 0.3 is 11.8 Å². The van der Waals surface area contributed by atoms with E-state index in [1.807, 2.05) is 6.92 Å². The van der Waals surface area contributed by atoms with Crippen molar-refractivity contribution >= 4 is 6.09 Å². The smallest absolute Gasteiger partial charge is 0.410 e. The van der Waals surface area contributed by atoms with Gasteiger partial charge in [-0.3, -0.25) is 4.79 Å². The van der Waals surface area contributed by atoms with Crippen LogP contribution < -0.4 is 16.0 Å². The van der Waals surface area contributed by atoms with E-state index in [9.17, 15) is 14.4 Å². The van der Waals surface area contributed by atoms with Gasteiger partial charge in [-0.25, -0.2) is 14.2 Å². The van der Waals surface area contributed by atoms with Crippen molar-refractivity contribution in [2.24, 2.45) is 0 Å². The van der Waals surface area contributed by atoms with Gasteiger partial charge in [-0.2, -0.15) is 4.57 Å². The normalized spacial score (nSPS) is 17.1. The number of benzene rings is 1. The van der Waals surface area contributed by atoms with Gasteiger partial charge in [0.2, 0.25) is 0 Å². The number of nitrogens with zero attached hydrogens (tertiary/aromatic N) is 2. The van der Waals surface area contributed by atoms with Gasteiger partial charge in [-0.15, -0.1) is 0 Å². The Morgan fingerprint density at radius 1 is 1.23 bits per heavy atom. The highest BCUT2D eigenvalue weighted by atomic mass is 16.6. The van der Waals surface area contributed by atoms with Crippen LogP contribution in [0.1, 0.15) is 43.7 Å². The van der Waals surface area contributed by atoms with Crippen molar-refractivity contribution in [3.63, 3.8) is 0 Å². The lowest BCUT2D eigenvalue weighted by Gasteiger charge is -2.25. The molecule has 7 heteroatoms. The summed E-state index contributed by atoms with van der Waals surface area (Å²) in [6.45, 7) is 3.88. The summed E-state index contributed by atoms with van der Waals surface area (Å²) in [6, 6.07) is 8.50. The number of para-hydroxylation sites is 1. The average molecular weight is 358 g/mol. The van der Waals surface area contributed by atoms with Crippen molar-refractivity contribution in [3.8, 4) is 5.75 Å². The fourth-order valence-electron chi connectivity index (χ4n) is 3.21. The minimum absolute atomic E-state index is 0.301. The van der Waals surface area contributed by atoms with E-state index in [4.69, 9.17) is 9.47 Å². The van der Waals surface area contributed by atoms with E-state index in [1.54, 1.807) is 37.3 Å². The molecule has 0 N–H and O–H groups in total.